The highest BCUT2D eigenvalue weighted by atomic mass is 32.1. The van der Waals surface area contributed by atoms with Gasteiger partial charge in [0.25, 0.3) is 5.91 Å². The smallest absolute Gasteiger partial charge is 0.251 e. The van der Waals surface area contributed by atoms with E-state index in [0.717, 1.165) is 24.1 Å². The minimum Gasteiger partial charge on any atom is -0.351 e. The molecule has 2 amide bonds. The van der Waals surface area contributed by atoms with Crippen LogP contribution in [0.25, 0.3) is 0 Å². The molecule has 23 heavy (non-hydrogen) atoms. The van der Waals surface area contributed by atoms with Crippen molar-refractivity contribution in [1.29, 1.82) is 0 Å². The van der Waals surface area contributed by atoms with Crippen LogP contribution in [-0.2, 0) is 11.3 Å². The summed E-state index contributed by atoms with van der Waals surface area (Å²) in [5, 5.41) is 7.97. The number of thiophene rings is 1. The van der Waals surface area contributed by atoms with Gasteiger partial charge >= 0.3 is 0 Å². The molecule has 2 atom stereocenters. The molecule has 0 bridgehead atoms. The number of amides is 2. The fraction of sp³-hybridized carbons (Fsp3) is 0.353. The van der Waals surface area contributed by atoms with Gasteiger partial charge in [-0.3, -0.25) is 14.6 Å². The first-order valence-electron chi connectivity index (χ1n) is 7.75. The van der Waals surface area contributed by atoms with Crippen molar-refractivity contribution in [2.75, 3.05) is 0 Å². The monoisotopic (exact) mass is 329 g/mol. The predicted molar refractivity (Wildman–Crippen MR) is 89.0 cm³/mol. The Kier molecular flexibility index (Phi) is 5.02. The fourth-order valence-electron chi connectivity index (χ4n) is 2.92. The molecule has 0 aliphatic heterocycles. The Bertz CT molecular complexity index is 658. The molecule has 2 heterocycles. The Morgan fingerprint density at radius 1 is 1.22 bits per heavy atom. The van der Waals surface area contributed by atoms with E-state index in [0.29, 0.717) is 12.1 Å². The number of hydrogen-bond donors (Lipinski definition) is 2. The summed E-state index contributed by atoms with van der Waals surface area (Å²) in [6.07, 6.45) is 5.80. The van der Waals surface area contributed by atoms with Gasteiger partial charge in [-0.15, -0.1) is 11.3 Å². The van der Waals surface area contributed by atoms with E-state index in [2.05, 4.69) is 15.6 Å². The van der Waals surface area contributed by atoms with Crippen molar-refractivity contribution in [3.8, 4) is 0 Å². The lowest BCUT2D eigenvalue weighted by Gasteiger charge is -2.20. The summed E-state index contributed by atoms with van der Waals surface area (Å²) < 4.78 is 0. The van der Waals surface area contributed by atoms with Crippen molar-refractivity contribution in [1.82, 2.24) is 15.6 Å². The minimum atomic E-state index is -0.152. The SMILES string of the molecule is O=C(N[C@@H]1CCC[C@@H]1C(=O)NCc1cccs1)c1ccncc1. The second kappa shape index (κ2) is 7.37. The minimum absolute atomic E-state index is 0.0240. The summed E-state index contributed by atoms with van der Waals surface area (Å²) in [6.45, 7) is 0.554. The Labute approximate surface area is 139 Å². The van der Waals surface area contributed by atoms with E-state index >= 15 is 0 Å². The van der Waals surface area contributed by atoms with Gasteiger partial charge in [0, 0.05) is 28.9 Å². The van der Waals surface area contributed by atoms with Crippen LogP contribution in [0.5, 0.6) is 0 Å². The zero-order valence-corrected chi connectivity index (χ0v) is 13.5. The predicted octanol–water partition coefficient (Wildman–Crippen LogP) is 2.36. The highest BCUT2D eigenvalue weighted by Crippen LogP contribution is 2.26. The number of nitrogens with one attached hydrogen (secondary N) is 2. The van der Waals surface area contributed by atoms with E-state index in [1.54, 1.807) is 35.9 Å². The second-order valence-electron chi connectivity index (χ2n) is 5.65. The molecule has 0 saturated heterocycles. The van der Waals surface area contributed by atoms with Gasteiger partial charge in [-0.25, -0.2) is 0 Å². The summed E-state index contributed by atoms with van der Waals surface area (Å²) >= 11 is 1.63. The Morgan fingerprint density at radius 3 is 2.78 bits per heavy atom. The maximum absolute atomic E-state index is 12.4. The summed E-state index contributed by atoms with van der Waals surface area (Å²) in [5.41, 5.74) is 0.574. The largest absolute Gasteiger partial charge is 0.351 e. The van der Waals surface area contributed by atoms with E-state index in [-0.39, 0.29) is 23.8 Å². The van der Waals surface area contributed by atoms with E-state index in [9.17, 15) is 9.59 Å². The number of hydrogen-bond acceptors (Lipinski definition) is 4. The molecule has 6 heteroatoms. The van der Waals surface area contributed by atoms with Crippen molar-refractivity contribution < 1.29 is 9.59 Å². The van der Waals surface area contributed by atoms with Crippen LogP contribution in [0.1, 0.15) is 34.5 Å². The Hall–Kier alpha value is -2.21. The number of pyridine rings is 1. The van der Waals surface area contributed by atoms with Crippen LogP contribution in [0.15, 0.2) is 42.0 Å². The average Bonchev–Trinajstić information content (AvgIpc) is 3.25. The third kappa shape index (κ3) is 3.96. The van der Waals surface area contributed by atoms with Gasteiger partial charge in [0.15, 0.2) is 0 Å². The number of nitrogens with zero attached hydrogens (tertiary/aromatic N) is 1. The summed E-state index contributed by atoms with van der Waals surface area (Å²) in [7, 11) is 0. The van der Waals surface area contributed by atoms with E-state index < -0.39 is 0 Å². The number of rotatable bonds is 5. The molecule has 0 spiro atoms. The third-order valence-corrected chi connectivity index (χ3v) is 5.01. The van der Waals surface area contributed by atoms with Crippen LogP contribution in [0, 0.1) is 5.92 Å². The highest BCUT2D eigenvalue weighted by molar-refractivity contribution is 7.09. The van der Waals surface area contributed by atoms with Gasteiger partial charge in [-0.2, -0.15) is 0 Å². The molecule has 2 aromatic rings. The maximum Gasteiger partial charge on any atom is 0.251 e. The van der Waals surface area contributed by atoms with E-state index in [4.69, 9.17) is 0 Å². The lowest BCUT2D eigenvalue weighted by molar-refractivity contribution is -0.125. The summed E-state index contributed by atoms with van der Waals surface area (Å²) in [6, 6.07) is 7.23. The molecule has 120 valence electrons. The Balaban J connectivity index is 1.56. The quantitative estimate of drug-likeness (QED) is 0.884. The molecule has 5 nitrogen and oxygen atoms in total. The zero-order valence-electron chi connectivity index (χ0n) is 12.7. The summed E-state index contributed by atoms with van der Waals surface area (Å²) in [4.78, 5) is 29.7. The molecule has 1 saturated carbocycles. The van der Waals surface area contributed by atoms with E-state index in [1.165, 1.54) is 0 Å². The Morgan fingerprint density at radius 2 is 2.04 bits per heavy atom. The first kappa shape index (κ1) is 15.7. The average molecular weight is 329 g/mol. The molecule has 1 aliphatic carbocycles. The van der Waals surface area contributed by atoms with Crippen LogP contribution >= 0.6 is 11.3 Å². The van der Waals surface area contributed by atoms with E-state index in [1.807, 2.05) is 17.5 Å². The van der Waals surface area contributed by atoms with Gasteiger partial charge in [-0.05, 0) is 36.4 Å². The van der Waals surface area contributed by atoms with Gasteiger partial charge in [-0.1, -0.05) is 12.5 Å². The maximum atomic E-state index is 12.4. The fourth-order valence-corrected chi connectivity index (χ4v) is 3.56. The van der Waals surface area contributed by atoms with Gasteiger partial charge in [0.05, 0.1) is 12.5 Å². The zero-order chi connectivity index (χ0) is 16.1. The number of carbonyl (C=O) groups excluding carboxylic acids is 2. The molecule has 2 aromatic heterocycles. The highest BCUT2D eigenvalue weighted by Gasteiger charge is 2.34. The van der Waals surface area contributed by atoms with Crippen molar-refractivity contribution in [3.63, 3.8) is 0 Å². The van der Waals surface area contributed by atoms with Crippen molar-refractivity contribution >= 4 is 23.2 Å². The first-order chi connectivity index (χ1) is 11.2. The third-order valence-electron chi connectivity index (χ3n) is 4.13. The van der Waals surface area contributed by atoms with Gasteiger partial charge in [0.2, 0.25) is 5.91 Å². The van der Waals surface area contributed by atoms with Crippen LogP contribution in [-0.4, -0.2) is 22.8 Å². The van der Waals surface area contributed by atoms with Crippen LogP contribution in [0.4, 0.5) is 0 Å². The molecule has 0 radical (unpaired) electrons. The second-order valence-corrected chi connectivity index (χ2v) is 6.68. The standard InChI is InChI=1S/C17H19N3O2S/c21-16(12-6-8-18-9-7-12)20-15-5-1-4-14(15)17(22)19-11-13-3-2-10-23-13/h2-3,6-10,14-15H,1,4-5,11H2,(H,19,22)(H,20,21)/t14-,15+/m0/s1. The molecular weight excluding hydrogens is 310 g/mol. The molecule has 3 rings (SSSR count). The molecule has 2 N–H and O–H groups in total. The topological polar surface area (TPSA) is 71.1 Å². The molecule has 0 unspecified atom stereocenters. The summed E-state index contributed by atoms with van der Waals surface area (Å²) in [5.74, 6) is -0.271. The van der Waals surface area contributed by atoms with Crippen LogP contribution in [0.3, 0.4) is 0 Å². The first-order valence-corrected chi connectivity index (χ1v) is 8.63. The van der Waals surface area contributed by atoms with Crippen LogP contribution in [0.2, 0.25) is 0 Å². The van der Waals surface area contributed by atoms with Crippen molar-refractivity contribution in [3.05, 3.63) is 52.5 Å². The van der Waals surface area contributed by atoms with Crippen molar-refractivity contribution in [2.45, 2.75) is 31.8 Å². The van der Waals surface area contributed by atoms with Crippen LogP contribution < -0.4 is 10.6 Å². The normalized spacial score (nSPS) is 20.2. The van der Waals surface area contributed by atoms with Gasteiger partial charge < -0.3 is 10.6 Å². The number of carbonyl (C=O) groups is 2. The lowest BCUT2D eigenvalue weighted by Crippen LogP contribution is -2.43. The lowest BCUT2D eigenvalue weighted by atomic mass is 10.0. The molecular formula is C17H19N3O2S. The molecule has 0 aromatic carbocycles. The number of aromatic nitrogens is 1. The van der Waals surface area contributed by atoms with Crippen molar-refractivity contribution in [2.24, 2.45) is 5.92 Å². The molecule has 1 fully saturated rings. The molecule has 1 aliphatic rings. The van der Waals surface area contributed by atoms with Gasteiger partial charge in [0.1, 0.15) is 0 Å².